The largest absolute Gasteiger partial charge is 0.361 e. The van der Waals surface area contributed by atoms with Crippen molar-refractivity contribution in [3.63, 3.8) is 0 Å². The van der Waals surface area contributed by atoms with E-state index in [4.69, 9.17) is 10.1 Å². The van der Waals surface area contributed by atoms with Gasteiger partial charge in [0.15, 0.2) is 5.78 Å². The average Bonchev–Trinajstić information content (AvgIpc) is 2.25. The first-order valence-electron chi connectivity index (χ1n) is 4.75. The highest BCUT2D eigenvalue weighted by Gasteiger charge is 2.30. The lowest BCUT2D eigenvalue weighted by atomic mass is 9.88. The number of carbonyl (C=O) groups excluding carboxylic acids is 1. The lowest BCUT2D eigenvalue weighted by Gasteiger charge is -2.18. The van der Waals surface area contributed by atoms with Crippen LogP contribution in [0.25, 0.3) is 5.53 Å². The van der Waals surface area contributed by atoms with Crippen molar-refractivity contribution in [2.75, 3.05) is 0 Å². The molecule has 88 valence electrons. The van der Waals surface area contributed by atoms with Gasteiger partial charge in [0.2, 0.25) is 0 Å². The van der Waals surface area contributed by atoms with E-state index in [0.29, 0.717) is 16.9 Å². The van der Waals surface area contributed by atoms with Crippen LogP contribution in [-0.4, -0.2) is 29.3 Å². The standard InChI is InChI=1S/C10H8N2O4S/c11-12-7-1-2-9-6(3-7)4-8(13)5-10(9)17(14,15)16/h1-2,5H,3-4H2,(H,14,15,16). The van der Waals surface area contributed by atoms with E-state index in [9.17, 15) is 13.2 Å². The molecule has 1 N–H and O–H groups in total. The number of rotatable bonds is 1. The lowest BCUT2D eigenvalue weighted by Crippen LogP contribution is -2.18. The van der Waals surface area contributed by atoms with Gasteiger partial charge in [0.05, 0.1) is 6.42 Å². The molecule has 6 nitrogen and oxygen atoms in total. The molecule has 0 saturated carbocycles. The number of nitrogens with zero attached hydrogens (tertiary/aromatic N) is 2. The highest BCUT2D eigenvalue weighted by molar-refractivity contribution is 7.90. The van der Waals surface area contributed by atoms with Crippen LogP contribution < -0.4 is 0 Å². The van der Waals surface area contributed by atoms with Crippen molar-refractivity contribution in [1.29, 1.82) is 0 Å². The van der Waals surface area contributed by atoms with E-state index in [1.807, 2.05) is 0 Å². The third-order valence-electron chi connectivity index (χ3n) is 2.57. The maximum atomic E-state index is 11.4. The predicted octanol–water partition coefficient (Wildman–Crippen LogP) is 0.658. The smallest absolute Gasteiger partial charge is 0.296 e. The van der Waals surface area contributed by atoms with Crippen molar-refractivity contribution in [2.45, 2.75) is 12.8 Å². The zero-order valence-corrected chi connectivity index (χ0v) is 9.44. The third-order valence-corrected chi connectivity index (χ3v) is 3.46. The number of carbonyl (C=O) groups is 1. The number of allylic oxidation sites excluding steroid dienone is 5. The Bertz CT molecular complexity index is 646. The van der Waals surface area contributed by atoms with Crippen LogP contribution in [0.1, 0.15) is 12.8 Å². The molecule has 0 unspecified atom stereocenters. The maximum absolute atomic E-state index is 11.4. The van der Waals surface area contributed by atoms with Gasteiger partial charge in [0.1, 0.15) is 4.91 Å². The molecule has 0 aromatic rings. The molecule has 0 fully saturated rings. The van der Waals surface area contributed by atoms with Crippen LogP contribution in [-0.2, 0) is 14.9 Å². The summed E-state index contributed by atoms with van der Waals surface area (Å²) >= 11 is 0. The highest BCUT2D eigenvalue weighted by atomic mass is 32.2. The SMILES string of the molecule is [N-]=[N+]=C1C=CC2=C(CC(=O)C=C2S(=O)(=O)O)C1. The Kier molecular flexibility index (Phi) is 2.66. The molecule has 0 saturated heterocycles. The molecule has 2 aliphatic carbocycles. The summed E-state index contributed by atoms with van der Waals surface area (Å²) in [7, 11) is -4.42. The average molecular weight is 252 g/mol. The van der Waals surface area contributed by atoms with E-state index >= 15 is 0 Å². The fourth-order valence-electron chi connectivity index (χ4n) is 1.85. The second-order valence-corrected chi connectivity index (χ2v) is 5.14. The van der Waals surface area contributed by atoms with Gasteiger partial charge in [0.25, 0.3) is 15.8 Å². The highest BCUT2D eigenvalue weighted by Crippen LogP contribution is 2.32. The molecule has 17 heavy (non-hydrogen) atoms. The van der Waals surface area contributed by atoms with Gasteiger partial charge in [-0.25, -0.2) is 0 Å². The van der Waals surface area contributed by atoms with Crippen LogP contribution in [0.4, 0.5) is 0 Å². The molecule has 2 aliphatic rings. The fourth-order valence-corrected chi connectivity index (χ4v) is 2.62. The van der Waals surface area contributed by atoms with E-state index in [0.717, 1.165) is 6.08 Å². The molecule has 0 amide bonds. The topological polar surface area (TPSA) is 108 Å². The molecule has 0 aromatic heterocycles. The van der Waals surface area contributed by atoms with E-state index in [1.54, 1.807) is 0 Å². The van der Waals surface area contributed by atoms with Crippen LogP contribution in [0, 0.1) is 0 Å². The Hall–Kier alpha value is -1.82. The summed E-state index contributed by atoms with van der Waals surface area (Å²) in [4.78, 5) is 14.0. The molecule has 0 aliphatic heterocycles. The van der Waals surface area contributed by atoms with Crippen molar-refractivity contribution in [2.24, 2.45) is 0 Å². The van der Waals surface area contributed by atoms with E-state index in [-0.39, 0.29) is 12.8 Å². The van der Waals surface area contributed by atoms with Crippen molar-refractivity contribution in [3.05, 3.63) is 39.8 Å². The first-order valence-corrected chi connectivity index (χ1v) is 6.19. The molecular weight excluding hydrogens is 244 g/mol. The van der Waals surface area contributed by atoms with Gasteiger partial charge < -0.3 is 5.53 Å². The molecular formula is C10H8N2O4S. The first-order chi connectivity index (χ1) is 7.91. The third kappa shape index (κ3) is 2.16. The number of ketones is 1. The summed E-state index contributed by atoms with van der Waals surface area (Å²) in [5, 5.41) is 0. The summed E-state index contributed by atoms with van der Waals surface area (Å²) in [6.07, 6.45) is 4.03. The van der Waals surface area contributed by atoms with Crippen LogP contribution >= 0.6 is 0 Å². The Morgan fingerprint density at radius 2 is 2.00 bits per heavy atom. The summed E-state index contributed by atoms with van der Waals surface area (Å²) in [5.41, 5.74) is 9.79. The summed E-state index contributed by atoms with van der Waals surface area (Å²) in [5.74, 6) is -0.399. The van der Waals surface area contributed by atoms with Crippen LogP contribution in [0.15, 0.2) is 34.3 Å². The zero-order valence-electron chi connectivity index (χ0n) is 8.62. The van der Waals surface area contributed by atoms with E-state index < -0.39 is 20.8 Å². The van der Waals surface area contributed by atoms with Crippen LogP contribution in [0.2, 0.25) is 0 Å². The van der Waals surface area contributed by atoms with Gasteiger partial charge in [-0.05, 0) is 17.2 Å². The van der Waals surface area contributed by atoms with Crippen LogP contribution in [0.5, 0.6) is 0 Å². The van der Waals surface area contributed by atoms with Gasteiger partial charge in [-0.15, -0.1) is 0 Å². The molecule has 0 atom stereocenters. The minimum absolute atomic E-state index is 0.0672. The van der Waals surface area contributed by atoms with Gasteiger partial charge in [-0.3, -0.25) is 9.35 Å². The quantitative estimate of drug-likeness (QED) is 0.420. The van der Waals surface area contributed by atoms with Crippen molar-refractivity contribution in [3.8, 4) is 0 Å². The zero-order chi connectivity index (χ0) is 12.6. The molecule has 0 spiro atoms. The minimum atomic E-state index is -4.42. The molecule has 0 heterocycles. The Balaban J connectivity index is 2.58. The van der Waals surface area contributed by atoms with E-state index in [2.05, 4.69) is 4.79 Å². The first kappa shape index (κ1) is 11.7. The van der Waals surface area contributed by atoms with E-state index in [1.165, 1.54) is 12.2 Å². The Labute approximate surface area is 97.3 Å². The van der Waals surface area contributed by atoms with Crippen molar-refractivity contribution >= 4 is 21.6 Å². The van der Waals surface area contributed by atoms with Gasteiger partial charge in [0, 0.05) is 18.6 Å². The molecule has 0 bridgehead atoms. The molecule has 2 rings (SSSR count). The summed E-state index contributed by atoms with van der Waals surface area (Å²) < 4.78 is 31.3. The summed E-state index contributed by atoms with van der Waals surface area (Å²) in [6.45, 7) is 0. The summed E-state index contributed by atoms with van der Waals surface area (Å²) in [6, 6.07) is 0. The minimum Gasteiger partial charge on any atom is -0.361 e. The van der Waals surface area contributed by atoms with Crippen LogP contribution in [0.3, 0.4) is 0 Å². The molecule has 0 aromatic carbocycles. The second kappa shape index (κ2) is 3.89. The number of hydrogen-bond acceptors (Lipinski definition) is 3. The predicted molar refractivity (Wildman–Crippen MR) is 58.7 cm³/mol. The van der Waals surface area contributed by atoms with Gasteiger partial charge in [-0.1, -0.05) is 0 Å². The van der Waals surface area contributed by atoms with Gasteiger partial charge in [-0.2, -0.15) is 13.2 Å². The Morgan fingerprint density at radius 3 is 2.59 bits per heavy atom. The fraction of sp³-hybridized carbons (Fsp3) is 0.200. The molecule has 7 heteroatoms. The normalized spacial score (nSPS) is 19.9. The monoisotopic (exact) mass is 252 g/mol. The van der Waals surface area contributed by atoms with Crippen molar-refractivity contribution < 1.29 is 22.6 Å². The molecule has 0 radical (unpaired) electrons. The van der Waals surface area contributed by atoms with Gasteiger partial charge >= 0.3 is 0 Å². The van der Waals surface area contributed by atoms with Crippen molar-refractivity contribution in [1.82, 2.24) is 0 Å². The lowest BCUT2D eigenvalue weighted by molar-refractivity contribution is -0.114. The Morgan fingerprint density at radius 1 is 1.29 bits per heavy atom. The second-order valence-electron chi connectivity index (χ2n) is 3.75. The number of hydrogen-bond donors (Lipinski definition) is 1. The maximum Gasteiger partial charge on any atom is 0.296 e.